The molecule has 94 valence electrons. The molecule has 2 N–H and O–H groups in total. The van der Waals surface area contributed by atoms with Gasteiger partial charge in [-0.3, -0.25) is 0 Å². The van der Waals surface area contributed by atoms with Crippen LogP contribution in [-0.4, -0.2) is 22.1 Å². The predicted molar refractivity (Wildman–Crippen MR) is 67.6 cm³/mol. The molecule has 1 rings (SSSR count). The fourth-order valence-electron chi connectivity index (χ4n) is 1.58. The largest absolute Gasteiger partial charge is 0.479 e. The van der Waals surface area contributed by atoms with Crippen molar-refractivity contribution in [2.75, 3.05) is 5.88 Å². The van der Waals surface area contributed by atoms with Gasteiger partial charge in [0.1, 0.15) is 0 Å². The van der Waals surface area contributed by atoms with Crippen LogP contribution in [-0.2, 0) is 17.1 Å². The van der Waals surface area contributed by atoms with E-state index in [-0.39, 0.29) is 5.88 Å². The molecule has 0 heterocycles. The molecule has 0 bridgehead atoms. The molecular formula is C12H14Cl2O3. The summed E-state index contributed by atoms with van der Waals surface area (Å²) in [5, 5.41) is 18.1. The number of carbonyl (C=O) groups is 1. The van der Waals surface area contributed by atoms with Crippen molar-refractivity contribution in [3.05, 3.63) is 34.9 Å². The van der Waals surface area contributed by atoms with Gasteiger partial charge in [0.15, 0.2) is 6.10 Å². The average molecular weight is 277 g/mol. The van der Waals surface area contributed by atoms with Gasteiger partial charge in [-0.05, 0) is 29.5 Å². The standard InChI is InChI=1S/C12H14Cl2O3/c13-5-1-2-8-3-4-9(6-10(8)7-14)11(15)12(16)17/h3-4,6,11,15H,1-2,5,7H2,(H,16,17). The van der Waals surface area contributed by atoms with Crippen molar-refractivity contribution in [1.82, 2.24) is 0 Å². The number of benzene rings is 1. The Labute approximate surface area is 110 Å². The first-order valence-electron chi connectivity index (χ1n) is 5.24. The second-order valence-corrected chi connectivity index (χ2v) is 4.34. The summed E-state index contributed by atoms with van der Waals surface area (Å²) in [4.78, 5) is 10.7. The summed E-state index contributed by atoms with van der Waals surface area (Å²) >= 11 is 11.4. The van der Waals surface area contributed by atoms with Gasteiger partial charge in [0.2, 0.25) is 0 Å². The van der Waals surface area contributed by atoms with Crippen molar-refractivity contribution in [3.8, 4) is 0 Å². The Hall–Kier alpha value is -0.770. The Bertz CT molecular complexity index is 393. The third kappa shape index (κ3) is 3.87. The van der Waals surface area contributed by atoms with Gasteiger partial charge >= 0.3 is 5.97 Å². The molecule has 0 aliphatic heterocycles. The summed E-state index contributed by atoms with van der Waals surface area (Å²) in [6, 6.07) is 5.04. The van der Waals surface area contributed by atoms with E-state index in [1.165, 1.54) is 0 Å². The first kappa shape index (κ1) is 14.3. The van der Waals surface area contributed by atoms with E-state index in [1.54, 1.807) is 18.2 Å². The van der Waals surface area contributed by atoms with Crippen molar-refractivity contribution in [1.29, 1.82) is 0 Å². The molecule has 1 atom stereocenters. The number of hydrogen-bond acceptors (Lipinski definition) is 2. The normalized spacial score (nSPS) is 12.4. The molecule has 1 aromatic rings. The fourth-order valence-corrected chi connectivity index (χ4v) is 1.97. The van der Waals surface area contributed by atoms with E-state index in [4.69, 9.17) is 28.3 Å². The van der Waals surface area contributed by atoms with Gasteiger partial charge in [0, 0.05) is 11.8 Å². The minimum Gasteiger partial charge on any atom is -0.479 e. The zero-order valence-electron chi connectivity index (χ0n) is 9.20. The molecule has 0 saturated heterocycles. The maximum absolute atomic E-state index is 10.7. The minimum atomic E-state index is -1.50. The summed E-state index contributed by atoms with van der Waals surface area (Å²) in [6.45, 7) is 0. The molecule has 3 nitrogen and oxygen atoms in total. The summed E-state index contributed by atoms with van der Waals surface area (Å²) in [5.74, 6) is -0.405. The van der Waals surface area contributed by atoms with Gasteiger partial charge in [0.05, 0.1) is 0 Å². The Kier molecular flexibility index (Phi) is 5.75. The molecule has 5 heteroatoms. The van der Waals surface area contributed by atoms with E-state index in [1.807, 2.05) is 0 Å². The predicted octanol–water partition coefficient (Wildman–Crippen LogP) is 2.71. The number of carboxylic acids is 1. The maximum atomic E-state index is 10.7. The van der Waals surface area contributed by atoms with Crippen LogP contribution in [0.2, 0.25) is 0 Å². The van der Waals surface area contributed by atoms with Crippen molar-refractivity contribution in [3.63, 3.8) is 0 Å². The van der Waals surface area contributed by atoms with Crippen molar-refractivity contribution < 1.29 is 15.0 Å². The third-order valence-corrected chi connectivity index (χ3v) is 3.06. The Morgan fingerprint density at radius 3 is 2.53 bits per heavy atom. The second-order valence-electron chi connectivity index (χ2n) is 3.70. The Balaban J connectivity index is 2.95. The van der Waals surface area contributed by atoms with Crippen LogP contribution < -0.4 is 0 Å². The van der Waals surface area contributed by atoms with Gasteiger partial charge in [-0.2, -0.15) is 0 Å². The van der Waals surface area contributed by atoms with E-state index in [9.17, 15) is 9.90 Å². The van der Waals surface area contributed by atoms with Crippen LogP contribution >= 0.6 is 23.2 Å². The molecular weight excluding hydrogens is 263 g/mol. The lowest BCUT2D eigenvalue weighted by atomic mass is 9.99. The monoisotopic (exact) mass is 276 g/mol. The van der Waals surface area contributed by atoms with Crippen molar-refractivity contribution in [2.24, 2.45) is 0 Å². The first-order chi connectivity index (χ1) is 8.10. The summed E-state index contributed by atoms with van der Waals surface area (Å²) in [6.07, 6.45) is 0.139. The fraction of sp³-hybridized carbons (Fsp3) is 0.417. The Morgan fingerprint density at radius 2 is 2.00 bits per heavy atom. The number of rotatable bonds is 6. The molecule has 0 aliphatic rings. The lowest BCUT2D eigenvalue weighted by molar-refractivity contribution is -0.146. The van der Waals surface area contributed by atoms with E-state index in [0.29, 0.717) is 11.4 Å². The van der Waals surface area contributed by atoms with E-state index in [2.05, 4.69) is 0 Å². The quantitative estimate of drug-likeness (QED) is 0.786. The number of aliphatic carboxylic acids is 1. The van der Waals surface area contributed by atoms with Crippen LogP contribution in [0.4, 0.5) is 0 Å². The first-order valence-corrected chi connectivity index (χ1v) is 6.31. The second kappa shape index (κ2) is 6.84. The third-order valence-electron chi connectivity index (χ3n) is 2.50. The highest BCUT2D eigenvalue weighted by molar-refractivity contribution is 6.18. The topological polar surface area (TPSA) is 57.5 Å². The number of alkyl halides is 2. The van der Waals surface area contributed by atoms with E-state index >= 15 is 0 Å². The molecule has 0 aromatic heterocycles. The Morgan fingerprint density at radius 1 is 1.29 bits per heavy atom. The molecule has 0 spiro atoms. The number of aliphatic hydroxyl groups excluding tert-OH is 1. The molecule has 0 radical (unpaired) electrons. The molecule has 0 aliphatic carbocycles. The van der Waals surface area contributed by atoms with Gasteiger partial charge in [-0.15, -0.1) is 23.2 Å². The average Bonchev–Trinajstić information content (AvgIpc) is 2.35. The minimum absolute atomic E-state index is 0.289. The summed E-state index contributed by atoms with van der Waals surface area (Å²) in [5.41, 5.74) is 2.24. The summed E-state index contributed by atoms with van der Waals surface area (Å²) in [7, 11) is 0. The van der Waals surface area contributed by atoms with Crippen LogP contribution in [0.15, 0.2) is 18.2 Å². The summed E-state index contributed by atoms with van der Waals surface area (Å²) < 4.78 is 0. The molecule has 0 fully saturated rings. The highest BCUT2D eigenvalue weighted by Gasteiger charge is 2.16. The molecule has 17 heavy (non-hydrogen) atoms. The SMILES string of the molecule is O=C(O)C(O)c1ccc(CCCCl)c(CCl)c1. The molecule has 0 amide bonds. The van der Waals surface area contributed by atoms with Crippen LogP contribution in [0.5, 0.6) is 0 Å². The highest BCUT2D eigenvalue weighted by atomic mass is 35.5. The number of carboxylic acid groups (broad SMARTS) is 1. The maximum Gasteiger partial charge on any atom is 0.337 e. The lowest BCUT2D eigenvalue weighted by Crippen LogP contribution is -2.11. The van der Waals surface area contributed by atoms with Gasteiger partial charge in [-0.1, -0.05) is 18.2 Å². The molecule has 1 aromatic carbocycles. The van der Waals surface area contributed by atoms with Crippen LogP contribution in [0.3, 0.4) is 0 Å². The molecule has 1 unspecified atom stereocenters. The number of aryl methyl sites for hydroxylation is 1. The van der Waals surface area contributed by atoms with E-state index < -0.39 is 12.1 Å². The van der Waals surface area contributed by atoms with Gasteiger partial charge < -0.3 is 10.2 Å². The zero-order chi connectivity index (χ0) is 12.8. The van der Waals surface area contributed by atoms with Crippen molar-refractivity contribution >= 4 is 29.2 Å². The van der Waals surface area contributed by atoms with Gasteiger partial charge in [0.25, 0.3) is 0 Å². The van der Waals surface area contributed by atoms with Crippen LogP contribution in [0.1, 0.15) is 29.2 Å². The van der Waals surface area contributed by atoms with E-state index in [0.717, 1.165) is 24.0 Å². The zero-order valence-corrected chi connectivity index (χ0v) is 10.7. The lowest BCUT2D eigenvalue weighted by Gasteiger charge is -2.11. The number of hydrogen-bond donors (Lipinski definition) is 2. The van der Waals surface area contributed by atoms with Crippen LogP contribution in [0, 0.1) is 0 Å². The van der Waals surface area contributed by atoms with Crippen molar-refractivity contribution in [2.45, 2.75) is 24.8 Å². The van der Waals surface area contributed by atoms with Gasteiger partial charge in [-0.25, -0.2) is 4.79 Å². The smallest absolute Gasteiger partial charge is 0.337 e. The number of halogens is 2. The highest BCUT2D eigenvalue weighted by Crippen LogP contribution is 2.21. The van der Waals surface area contributed by atoms with Crippen LogP contribution in [0.25, 0.3) is 0 Å². The number of aliphatic hydroxyl groups is 1. The molecule has 0 saturated carbocycles.